The van der Waals surface area contributed by atoms with Crippen LogP contribution in [0.2, 0.25) is 0 Å². The predicted octanol–water partition coefficient (Wildman–Crippen LogP) is 2.94. The zero-order valence-electron chi connectivity index (χ0n) is 11.7. The summed E-state index contributed by atoms with van der Waals surface area (Å²) in [5.74, 6) is 0.427. The number of rotatable bonds is 6. The van der Waals surface area contributed by atoms with E-state index in [2.05, 4.69) is 5.10 Å². The normalized spacial score (nSPS) is 14.1. The maximum absolute atomic E-state index is 10.8. The van der Waals surface area contributed by atoms with Crippen LogP contribution in [0.3, 0.4) is 0 Å². The van der Waals surface area contributed by atoms with Crippen molar-refractivity contribution in [3.63, 3.8) is 0 Å². The van der Waals surface area contributed by atoms with Crippen LogP contribution >= 0.6 is 11.8 Å². The lowest BCUT2D eigenvalue weighted by Gasteiger charge is -2.10. The number of aromatic nitrogens is 2. The molecule has 1 saturated carbocycles. The minimum Gasteiger partial charge on any atom is -0.494 e. The van der Waals surface area contributed by atoms with E-state index >= 15 is 0 Å². The molecule has 0 atom stereocenters. The Hall–Kier alpha value is -1.95. The summed E-state index contributed by atoms with van der Waals surface area (Å²) in [5, 5.41) is 14.4. The Labute approximate surface area is 126 Å². The molecule has 1 fully saturated rings. The number of carbonyl (C=O) groups is 1. The summed E-state index contributed by atoms with van der Waals surface area (Å²) in [5.41, 5.74) is 1.87. The molecule has 3 rings (SSSR count). The van der Waals surface area contributed by atoms with Gasteiger partial charge in [-0.1, -0.05) is 23.9 Å². The van der Waals surface area contributed by atoms with E-state index in [1.807, 2.05) is 30.3 Å². The number of hydrogen-bond acceptors (Lipinski definition) is 4. The highest BCUT2D eigenvalue weighted by molar-refractivity contribution is 7.99. The van der Waals surface area contributed by atoms with Gasteiger partial charge in [0.1, 0.15) is 16.5 Å². The van der Waals surface area contributed by atoms with Gasteiger partial charge in [-0.3, -0.25) is 4.79 Å². The van der Waals surface area contributed by atoms with E-state index in [4.69, 9.17) is 9.84 Å². The van der Waals surface area contributed by atoms with Gasteiger partial charge in [0, 0.05) is 5.92 Å². The average Bonchev–Trinajstić information content (AvgIpc) is 3.25. The van der Waals surface area contributed by atoms with Gasteiger partial charge in [-0.05, 0) is 31.0 Å². The van der Waals surface area contributed by atoms with Crippen molar-refractivity contribution in [1.29, 1.82) is 0 Å². The highest BCUT2D eigenvalue weighted by Gasteiger charge is 2.28. The Bertz CT molecular complexity index is 665. The van der Waals surface area contributed by atoms with Crippen LogP contribution in [0, 0.1) is 0 Å². The number of hydrogen-bond donors (Lipinski definition) is 1. The number of nitrogens with zero attached hydrogens (tertiary/aromatic N) is 2. The molecular formula is C15H16N2O3S. The average molecular weight is 304 g/mol. The second-order valence-electron chi connectivity index (χ2n) is 4.95. The predicted molar refractivity (Wildman–Crippen MR) is 80.5 cm³/mol. The van der Waals surface area contributed by atoms with Crippen LogP contribution in [0.25, 0.3) is 5.69 Å². The fourth-order valence-electron chi connectivity index (χ4n) is 2.18. The van der Waals surface area contributed by atoms with Crippen molar-refractivity contribution < 1.29 is 14.6 Å². The van der Waals surface area contributed by atoms with E-state index in [0.29, 0.717) is 5.92 Å². The van der Waals surface area contributed by atoms with Crippen LogP contribution < -0.4 is 4.74 Å². The summed E-state index contributed by atoms with van der Waals surface area (Å²) in [4.78, 5) is 10.8. The van der Waals surface area contributed by atoms with E-state index in [9.17, 15) is 4.79 Å². The third-order valence-corrected chi connectivity index (χ3v) is 4.33. The molecule has 1 aliphatic rings. The molecule has 0 saturated heterocycles. The van der Waals surface area contributed by atoms with Gasteiger partial charge >= 0.3 is 5.97 Å². The molecule has 0 spiro atoms. The first kappa shape index (κ1) is 14.0. The molecule has 0 radical (unpaired) electrons. The van der Waals surface area contributed by atoms with Crippen molar-refractivity contribution in [2.75, 3.05) is 12.9 Å². The second kappa shape index (κ2) is 5.81. The Kier molecular flexibility index (Phi) is 3.88. The first-order chi connectivity index (χ1) is 10.2. The first-order valence-corrected chi connectivity index (χ1v) is 7.75. The number of carboxylic acids is 1. The van der Waals surface area contributed by atoms with Crippen molar-refractivity contribution in [3.8, 4) is 11.4 Å². The van der Waals surface area contributed by atoms with Crippen LogP contribution in [0.1, 0.15) is 24.5 Å². The number of carboxylic acid groups (broad SMARTS) is 1. The summed E-state index contributed by atoms with van der Waals surface area (Å²) in [7, 11) is 1.62. The summed E-state index contributed by atoms with van der Waals surface area (Å²) in [6.45, 7) is 0. The maximum atomic E-state index is 10.8. The van der Waals surface area contributed by atoms with Gasteiger partial charge in [0.25, 0.3) is 0 Å². The molecule has 6 heteroatoms. The minimum atomic E-state index is -0.833. The third kappa shape index (κ3) is 3.05. The van der Waals surface area contributed by atoms with E-state index in [1.165, 1.54) is 11.8 Å². The topological polar surface area (TPSA) is 64.4 Å². The van der Waals surface area contributed by atoms with Crippen LogP contribution in [0.15, 0.2) is 35.4 Å². The van der Waals surface area contributed by atoms with Crippen LogP contribution in [0.5, 0.6) is 5.75 Å². The molecule has 1 aromatic carbocycles. The SMILES string of the molecule is COc1ccccc1-n1nc(C2CC2)cc1SCC(=O)O. The third-order valence-electron chi connectivity index (χ3n) is 3.35. The largest absolute Gasteiger partial charge is 0.494 e. The summed E-state index contributed by atoms with van der Waals surface area (Å²) < 4.78 is 7.17. The zero-order chi connectivity index (χ0) is 14.8. The van der Waals surface area contributed by atoms with Gasteiger partial charge in [-0.15, -0.1) is 0 Å². The van der Waals surface area contributed by atoms with Gasteiger partial charge in [-0.2, -0.15) is 5.10 Å². The molecule has 1 N–H and O–H groups in total. The molecule has 5 nitrogen and oxygen atoms in total. The maximum Gasteiger partial charge on any atom is 0.313 e. The van der Waals surface area contributed by atoms with Gasteiger partial charge in [0.2, 0.25) is 0 Å². The Morgan fingerprint density at radius 1 is 1.48 bits per heavy atom. The van der Waals surface area contributed by atoms with E-state index in [-0.39, 0.29) is 5.75 Å². The number of methoxy groups -OCH3 is 1. The second-order valence-corrected chi connectivity index (χ2v) is 5.94. The lowest BCUT2D eigenvalue weighted by Crippen LogP contribution is -2.04. The van der Waals surface area contributed by atoms with Gasteiger partial charge in [-0.25, -0.2) is 4.68 Å². The number of thioether (sulfide) groups is 1. The van der Waals surface area contributed by atoms with Crippen molar-refractivity contribution in [3.05, 3.63) is 36.0 Å². The monoisotopic (exact) mass is 304 g/mol. The van der Waals surface area contributed by atoms with Crippen LogP contribution in [0.4, 0.5) is 0 Å². The van der Waals surface area contributed by atoms with Crippen LogP contribution in [-0.4, -0.2) is 33.7 Å². The molecule has 0 aliphatic heterocycles. The fourth-order valence-corrected chi connectivity index (χ4v) is 2.91. The molecule has 1 aliphatic carbocycles. The Balaban J connectivity index is 2.00. The fraction of sp³-hybridized carbons (Fsp3) is 0.333. The highest BCUT2D eigenvalue weighted by Crippen LogP contribution is 2.41. The zero-order valence-corrected chi connectivity index (χ0v) is 12.5. The number of ether oxygens (including phenoxy) is 1. The molecule has 2 aromatic rings. The van der Waals surface area contributed by atoms with E-state index in [0.717, 1.165) is 35.0 Å². The van der Waals surface area contributed by atoms with Crippen LogP contribution in [-0.2, 0) is 4.79 Å². The molecule has 1 aromatic heterocycles. The van der Waals surface area contributed by atoms with Gasteiger partial charge in [0.05, 0.1) is 18.6 Å². The molecule has 21 heavy (non-hydrogen) atoms. The first-order valence-electron chi connectivity index (χ1n) is 6.77. The summed E-state index contributed by atoms with van der Waals surface area (Å²) >= 11 is 1.28. The summed E-state index contributed by atoms with van der Waals surface area (Å²) in [6.07, 6.45) is 2.32. The molecule has 110 valence electrons. The smallest absolute Gasteiger partial charge is 0.313 e. The number of benzene rings is 1. The van der Waals surface area contributed by atoms with Crippen molar-refractivity contribution in [1.82, 2.24) is 9.78 Å². The van der Waals surface area contributed by atoms with E-state index in [1.54, 1.807) is 11.8 Å². The number of aliphatic carboxylic acids is 1. The Morgan fingerprint density at radius 2 is 2.24 bits per heavy atom. The van der Waals surface area contributed by atoms with Crippen molar-refractivity contribution >= 4 is 17.7 Å². The molecule has 0 amide bonds. The lowest BCUT2D eigenvalue weighted by atomic mass is 10.3. The molecule has 1 heterocycles. The Morgan fingerprint density at radius 3 is 2.90 bits per heavy atom. The van der Waals surface area contributed by atoms with Crippen molar-refractivity contribution in [2.24, 2.45) is 0 Å². The molecule has 0 bridgehead atoms. The van der Waals surface area contributed by atoms with Crippen molar-refractivity contribution in [2.45, 2.75) is 23.8 Å². The minimum absolute atomic E-state index is 0.0188. The standard InChI is InChI=1S/C15H16N2O3S/c1-20-13-5-3-2-4-12(13)17-14(21-9-15(18)19)8-11(16-17)10-6-7-10/h2-5,8,10H,6-7,9H2,1H3,(H,18,19). The molecule has 0 unspecified atom stereocenters. The van der Waals surface area contributed by atoms with Gasteiger partial charge in [0.15, 0.2) is 0 Å². The highest BCUT2D eigenvalue weighted by atomic mass is 32.2. The summed E-state index contributed by atoms with van der Waals surface area (Å²) in [6, 6.07) is 9.62. The quantitative estimate of drug-likeness (QED) is 0.831. The molecular weight excluding hydrogens is 288 g/mol. The van der Waals surface area contributed by atoms with Gasteiger partial charge < -0.3 is 9.84 Å². The number of para-hydroxylation sites is 2. The lowest BCUT2D eigenvalue weighted by molar-refractivity contribution is -0.133. The van der Waals surface area contributed by atoms with E-state index < -0.39 is 5.97 Å².